The summed E-state index contributed by atoms with van der Waals surface area (Å²) in [5.74, 6) is 1.88. The second kappa shape index (κ2) is 9.52. The van der Waals surface area contributed by atoms with E-state index in [9.17, 15) is 4.39 Å². The summed E-state index contributed by atoms with van der Waals surface area (Å²) in [6.45, 7) is 11.4. The number of hydrogen-bond donors (Lipinski definition) is 2. The minimum atomic E-state index is -0.248. The standard InChI is InChI=1S/C20H29FN4O.HI/c1-19(2,3)16-11-23-17(26-16)12-24-18(22-6)25-13-20(4,5)14-8-7-9-15(21)10-14;/h7-11H,12-13H2,1-6H3,(H2,22,24,25);1H. The average molecular weight is 488 g/mol. The molecule has 0 aliphatic heterocycles. The van der Waals surface area contributed by atoms with E-state index in [1.54, 1.807) is 25.4 Å². The van der Waals surface area contributed by atoms with Gasteiger partial charge in [-0.1, -0.05) is 46.8 Å². The number of benzene rings is 1. The van der Waals surface area contributed by atoms with E-state index in [-0.39, 0.29) is 40.6 Å². The lowest BCUT2D eigenvalue weighted by molar-refractivity contribution is 0.379. The van der Waals surface area contributed by atoms with E-state index in [0.29, 0.717) is 24.9 Å². The van der Waals surface area contributed by atoms with Crippen molar-refractivity contribution < 1.29 is 8.81 Å². The molecule has 2 N–H and O–H groups in total. The summed E-state index contributed by atoms with van der Waals surface area (Å²) in [6.07, 6.45) is 1.76. The average Bonchev–Trinajstić information content (AvgIpc) is 3.04. The second-order valence-electron chi connectivity index (χ2n) is 8.04. The summed E-state index contributed by atoms with van der Waals surface area (Å²) in [7, 11) is 1.71. The summed E-state index contributed by atoms with van der Waals surface area (Å²) in [5.41, 5.74) is 0.616. The van der Waals surface area contributed by atoms with Gasteiger partial charge in [0.1, 0.15) is 11.6 Å². The largest absolute Gasteiger partial charge is 0.443 e. The topological polar surface area (TPSA) is 62.5 Å². The van der Waals surface area contributed by atoms with Crippen LogP contribution in [0.2, 0.25) is 0 Å². The number of nitrogens with zero attached hydrogens (tertiary/aromatic N) is 2. The van der Waals surface area contributed by atoms with Gasteiger partial charge in [0.05, 0.1) is 12.7 Å². The lowest BCUT2D eigenvalue weighted by Crippen LogP contribution is -2.43. The number of rotatable bonds is 5. The van der Waals surface area contributed by atoms with E-state index in [4.69, 9.17) is 4.42 Å². The van der Waals surface area contributed by atoms with Crippen LogP contribution < -0.4 is 10.6 Å². The van der Waals surface area contributed by atoms with Gasteiger partial charge >= 0.3 is 0 Å². The molecule has 0 saturated carbocycles. The van der Waals surface area contributed by atoms with Crippen LogP contribution in [0.15, 0.2) is 39.9 Å². The van der Waals surface area contributed by atoms with Gasteiger partial charge in [-0.3, -0.25) is 4.99 Å². The second-order valence-corrected chi connectivity index (χ2v) is 8.04. The van der Waals surface area contributed by atoms with E-state index in [0.717, 1.165) is 11.3 Å². The Hall–Kier alpha value is -1.64. The van der Waals surface area contributed by atoms with E-state index in [2.05, 4.69) is 55.2 Å². The summed E-state index contributed by atoms with van der Waals surface area (Å²) in [6, 6.07) is 6.69. The molecule has 0 saturated heterocycles. The molecule has 27 heavy (non-hydrogen) atoms. The molecular weight excluding hydrogens is 458 g/mol. The number of guanidine groups is 1. The fraction of sp³-hybridized carbons (Fsp3) is 0.500. The van der Waals surface area contributed by atoms with Gasteiger partial charge in [0.15, 0.2) is 5.96 Å². The maximum Gasteiger partial charge on any atom is 0.213 e. The zero-order chi connectivity index (χ0) is 19.4. The molecule has 1 aromatic heterocycles. The Labute approximate surface area is 178 Å². The third-order valence-corrected chi connectivity index (χ3v) is 4.23. The molecule has 0 amide bonds. The van der Waals surface area contributed by atoms with Crippen LogP contribution in [0.4, 0.5) is 4.39 Å². The Kier molecular flexibility index (Phi) is 8.25. The van der Waals surface area contributed by atoms with Gasteiger partial charge in [-0.25, -0.2) is 9.37 Å². The summed E-state index contributed by atoms with van der Waals surface area (Å²) >= 11 is 0. The first-order valence-electron chi connectivity index (χ1n) is 8.77. The van der Waals surface area contributed by atoms with Crippen LogP contribution in [0, 0.1) is 5.82 Å². The van der Waals surface area contributed by atoms with Crippen molar-refractivity contribution in [3.63, 3.8) is 0 Å². The van der Waals surface area contributed by atoms with E-state index in [1.165, 1.54) is 6.07 Å². The third kappa shape index (κ3) is 6.79. The first kappa shape index (κ1) is 23.4. The Morgan fingerprint density at radius 2 is 1.89 bits per heavy atom. The zero-order valence-corrected chi connectivity index (χ0v) is 19.2. The van der Waals surface area contributed by atoms with Crippen LogP contribution in [-0.2, 0) is 17.4 Å². The summed E-state index contributed by atoms with van der Waals surface area (Å²) < 4.78 is 19.3. The molecule has 0 bridgehead atoms. The predicted molar refractivity (Wildman–Crippen MR) is 118 cm³/mol. The van der Waals surface area contributed by atoms with Crippen molar-refractivity contribution in [3.05, 3.63) is 53.5 Å². The van der Waals surface area contributed by atoms with Crippen LogP contribution in [0.25, 0.3) is 0 Å². The van der Waals surface area contributed by atoms with Gasteiger partial charge in [-0.2, -0.15) is 0 Å². The number of oxazole rings is 1. The SMILES string of the molecule is CN=C(NCc1ncc(C(C)(C)C)o1)NCC(C)(C)c1cccc(F)c1.I. The molecule has 0 atom stereocenters. The van der Waals surface area contributed by atoms with Gasteiger partial charge in [0.2, 0.25) is 5.89 Å². The van der Waals surface area contributed by atoms with Crippen molar-refractivity contribution >= 4 is 29.9 Å². The normalized spacial score (nSPS) is 12.5. The minimum Gasteiger partial charge on any atom is -0.443 e. The lowest BCUT2D eigenvalue weighted by atomic mass is 9.84. The van der Waals surface area contributed by atoms with E-state index < -0.39 is 0 Å². The lowest BCUT2D eigenvalue weighted by Gasteiger charge is -2.26. The summed E-state index contributed by atoms with van der Waals surface area (Å²) in [4.78, 5) is 8.53. The first-order chi connectivity index (χ1) is 12.1. The van der Waals surface area contributed by atoms with E-state index >= 15 is 0 Å². The molecule has 150 valence electrons. The van der Waals surface area contributed by atoms with Crippen LogP contribution >= 0.6 is 24.0 Å². The smallest absolute Gasteiger partial charge is 0.213 e. The molecule has 0 radical (unpaired) electrons. The van der Waals surface area contributed by atoms with Crippen molar-refractivity contribution in [1.29, 1.82) is 0 Å². The molecule has 1 aromatic carbocycles. The molecule has 2 rings (SSSR count). The molecule has 0 aliphatic carbocycles. The van der Waals surface area contributed by atoms with E-state index in [1.807, 2.05) is 6.07 Å². The highest BCUT2D eigenvalue weighted by Crippen LogP contribution is 2.23. The van der Waals surface area contributed by atoms with Gasteiger partial charge in [-0.05, 0) is 17.7 Å². The highest BCUT2D eigenvalue weighted by molar-refractivity contribution is 14.0. The molecule has 0 unspecified atom stereocenters. The molecule has 1 heterocycles. The highest BCUT2D eigenvalue weighted by atomic mass is 127. The van der Waals surface area contributed by atoms with Crippen molar-refractivity contribution in [2.45, 2.75) is 52.0 Å². The molecule has 7 heteroatoms. The molecule has 0 fully saturated rings. The Bertz CT molecular complexity index is 765. The molecule has 0 spiro atoms. The van der Waals surface area contributed by atoms with Gasteiger partial charge in [0.25, 0.3) is 0 Å². The fourth-order valence-electron chi connectivity index (χ4n) is 2.43. The Balaban J connectivity index is 0.00000364. The first-order valence-corrected chi connectivity index (χ1v) is 8.77. The van der Waals surface area contributed by atoms with Crippen molar-refractivity contribution in [3.8, 4) is 0 Å². The van der Waals surface area contributed by atoms with Crippen molar-refractivity contribution in [1.82, 2.24) is 15.6 Å². The van der Waals surface area contributed by atoms with Crippen molar-refractivity contribution in [2.75, 3.05) is 13.6 Å². The Morgan fingerprint density at radius 1 is 1.19 bits per heavy atom. The van der Waals surface area contributed by atoms with Gasteiger partial charge in [-0.15, -0.1) is 24.0 Å². The fourth-order valence-corrected chi connectivity index (χ4v) is 2.43. The number of nitrogens with one attached hydrogen (secondary N) is 2. The molecular formula is C20H30FIN4O. The summed E-state index contributed by atoms with van der Waals surface area (Å²) in [5, 5.41) is 6.48. The van der Waals surface area contributed by atoms with Crippen LogP contribution in [0.1, 0.15) is 51.8 Å². The number of aromatic nitrogens is 1. The van der Waals surface area contributed by atoms with Crippen LogP contribution in [0.3, 0.4) is 0 Å². The maximum atomic E-state index is 13.5. The van der Waals surface area contributed by atoms with Crippen molar-refractivity contribution in [2.24, 2.45) is 4.99 Å². The minimum absolute atomic E-state index is 0. The van der Waals surface area contributed by atoms with Gasteiger partial charge < -0.3 is 15.1 Å². The van der Waals surface area contributed by atoms with Gasteiger partial charge in [0, 0.05) is 24.4 Å². The highest BCUT2D eigenvalue weighted by Gasteiger charge is 2.22. The van der Waals surface area contributed by atoms with Crippen LogP contribution in [0.5, 0.6) is 0 Å². The van der Waals surface area contributed by atoms with Crippen LogP contribution in [-0.4, -0.2) is 24.5 Å². The quantitative estimate of drug-likeness (QED) is 0.373. The maximum absolute atomic E-state index is 13.5. The third-order valence-electron chi connectivity index (χ3n) is 4.23. The molecule has 2 aromatic rings. The predicted octanol–water partition coefficient (Wildman–Crippen LogP) is 4.37. The number of hydrogen-bond acceptors (Lipinski definition) is 3. The Morgan fingerprint density at radius 3 is 2.44 bits per heavy atom. The zero-order valence-electron chi connectivity index (χ0n) is 16.9. The monoisotopic (exact) mass is 488 g/mol. The number of halogens is 2. The molecule has 0 aliphatic rings. The molecule has 5 nitrogen and oxygen atoms in total. The number of aliphatic imine (C=N–C) groups is 1.